The Hall–Kier alpha value is -2.69. The maximum absolute atomic E-state index is 14.3. The molecule has 1 aromatic carbocycles. The average Bonchev–Trinajstić information content (AvgIpc) is 3.11. The molecule has 0 aliphatic rings. The van der Waals surface area contributed by atoms with E-state index in [-0.39, 0.29) is 18.1 Å². The third-order valence-electron chi connectivity index (χ3n) is 3.74. The number of aromatic nitrogens is 2. The fraction of sp³-hybridized carbons (Fsp3) is 0.438. The van der Waals surface area contributed by atoms with Crippen LogP contribution in [0.5, 0.6) is 0 Å². The molecule has 2 rings (SSSR count). The van der Waals surface area contributed by atoms with Gasteiger partial charge in [0.05, 0.1) is 19.2 Å². The third-order valence-corrected chi connectivity index (χ3v) is 3.74. The Morgan fingerprint density at radius 3 is 2.41 bits per heavy atom. The number of carbonyl (C=O) groups is 1. The van der Waals surface area contributed by atoms with E-state index in [9.17, 15) is 22.4 Å². The molecular formula is C16H18F4N4O3. The summed E-state index contributed by atoms with van der Waals surface area (Å²) in [4.78, 5) is 22.0. The largest absolute Gasteiger partial charge is 0.471 e. The Bertz CT molecular complexity index is 790. The first kappa shape index (κ1) is 20.6. The smallest absolute Gasteiger partial charge is 0.329 e. The molecule has 27 heavy (non-hydrogen) atoms. The fourth-order valence-corrected chi connectivity index (χ4v) is 2.31. The summed E-state index contributed by atoms with van der Waals surface area (Å²) >= 11 is 0. The highest BCUT2D eigenvalue weighted by atomic mass is 19.4. The zero-order chi connectivity index (χ0) is 20.2. The van der Waals surface area contributed by atoms with Gasteiger partial charge in [0, 0.05) is 13.1 Å². The molecule has 2 aromatic rings. The van der Waals surface area contributed by atoms with Gasteiger partial charge in [0.25, 0.3) is 0 Å². The van der Waals surface area contributed by atoms with Crippen LogP contribution >= 0.6 is 0 Å². The Kier molecular flexibility index (Phi) is 6.37. The highest BCUT2D eigenvalue weighted by Crippen LogP contribution is 2.30. The van der Waals surface area contributed by atoms with Gasteiger partial charge in [-0.15, -0.1) is 0 Å². The van der Waals surface area contributed by atoms with Crippen LogP contribution in [0, 0.1) is 5.82 Å². The van der Waals surface area contributed by atoms with E-state index >= 15 is 0 Å². The van der Waals surface area contributed by atoms with Gasteiger partial charge >= 0.3 is 18.1 Å². The van der Waals surface area contributed by atoms with Crippen molar-refractivity contribution < 1.29 is 31.7 Å². The summed E-state index contributed by atoms with van der Waals surface area (Å²) in [6.07, 6.45) is -4.81. The number of benzene rings is 1. The monoisotopic (exact) mass is 390 g/mol. The van der Waals surface area contributed by atoms with E-state index in [4.69, 9.17) is 4.84 Å². The number of nitrogens with zero attached hydrogens (tertiary/aromatic N) is 4. The van der Waals surface area contributed by atoms with Crippen LogP contribution in [0.1, 0.15) is 25.3 Å². The number of halogens is 4. The molecule has 0 N–H and O–H groups in total. The first-order valence-electron chi connectivity index (χ1n) is 8.01. The second-order valence-corrected chi connectivity index (χ2v) is 5.41. The molecule has 0 aliphatic carbocycles. The van der Waals surface area contributed by atoms with E-state index in [0.29, 0.717) is 18.7 Å². The number of hydrogen-bond donors (Lipinski definition) is 0. The predicted octanol–water partition coefficient (Wildman–Crippen LogP) is 3.72. The minimum absolute atomic E-state index is 0.0525. The van der Waals surface area contributed by atoms with Crippen molar-refractivity contribution in [3.05, 3.63) is 35.5 Å². The maximum Gasteiger partial charge on any atom is 0.471 e. The normalized spacial score (nSPS) is 11.5. The van der Waals surface area contributed by atoms with Crippen molar-refractivity contribution >= 4 is 6.03 Å². The predicted molar refractivity (Wildman–Crippen MR) is 85.6 cm³/mol. The highest BCUT2D eigenvalue weighted by molar-refractivity contribution is 5.73. The van der Waals surface area contributed by atoms with Crippen LogP contribution in [-0.4, -0.2) is 46.3 Å². The number of urea groups is 1. The number of rotatable bonds is 6. The van der Waals surface area contributed by atoms with Crippen molar-refractivity contribution in [2.45, 2.75) is 26.6 Å². The average molecular weight is 390 g/mol. The highest BCUT2D eigenvalue weighted by Gasteiger charge is 2.38. The first-order valence-corrected chi connectivity index (χ1v) is 8.01. The molecule has 0 bridgehead atoms. The molecule has 0 atom stereocenters. The van der Waals surface area contributed by atoms with Crippen LogP contribution in [0.15, 0.2) is 22.7 Å². The molecule has 11 heteroatoms. The molecule has 0 fully saturated rings. The van der Waals surface area contributed by atoms with E-state index in [2.05, 4.69) is 14.7 Å². The standard InChI is InChI=1S/C16H18F4N4O3/c1-4-23(5-2)15(25)24(26-3)9-10-6-7-11(12(17)8-10)13-21-14(27-22-13)16(18,19)20/h6-8H,4-5,9H2,1-3H3. The second kappa shape index (κ2) is 8.33. The van der Waals surface area contributed by atoms with Crippen LogP contribution in [0.2, 0.25) is 0 Å². The van der Waals surface area contributed by atoms with E-state index in [1.54, 1.807) is 0 Å². The third kappa shape index (κ3) is 4.73. The Morgan fingerprint density at radius 1 is 1.26 bits per heavy atom. The van der Waals surface area contributed by atoms with Gasteiger partial charge in [-0.2, -0.15) is 23.2 Å². The van der Waals surface area contributed by atoms with E-state index < -0.39 is 23.7 Å². The molecule has 0 saturated heterocycles. The molecule has 1 heterocycles. The van der Waals surface area contributed by atoms with Gasteiger partial charge in [-0.3, -0.25) is 4.84 Å². The van der Waals surface area contributed by atoms with E-state index in [1.165, 1.54) is 24.1 Å². The lowest BCUT2D eigenvalue weighted by atomic mass is 10.1. The van der Waals surface area contributed by atoms with Gasteiger partial charge in [-0.05, 0) is 31.5 Å². The van der Waals surface area contributed by atoms with Crippen LogP contribution in [0.3, 0.4) is 0 Å². The van der Waals surface area contributed by atoms with Crippen molar-refractivity contribution in [2.24, 2.45) is 0 Å². The van der Waals surface area contributed by atoms with Crippen molar-refractivity contribution in [1.29, 1.82) is 0 Å². The molecule has 0 saturated carbocycles. The first-order chi connectivity index (χ1) is 12.7. The van der Waals surface area contributed by atoms with Crippen molar-refractivity contribution in [3.63, 3.8) is 0 Å². The number of hydroxylamine groups is 2. The number of carbonyl (C=O) groups excluding carboxylic acids is 1. The molecule has 0 radical (unpaired) electrons. The van der Waals surface area contributed by atoms with Gasteiger partial charge in [0.15, 0.2) is 0 Å². The summed E-state index contributed by atoms with van der Waals surface area (Å²) in [5.41, 5.74) is 0.121. The minimum atomic E-state index is -4.81. The molecule has 2 amide bonds. The minimum Gasteiger partial charge on any atom is -0.329 e. The zero-order valence-electron chi connectivity index (χ0n) is 14.9. The lowest BCUT2D eigenvalue weighted by Gasteiger charge is -2.27. The molecule has 0 spiro atoms. The summed E-state index contributed by atoms with van der Waals surface area (Å²) < 4.78 is 56.0. The number of hydrogen-bond acceptors (Lipinski definition) is 5. The van der Waals surface area contributed by atoms with Crippen LogP contribution in [-0.2, 0) is 17.6 Å². The van der Waals surface area contributed by atoms with Gasteiger partial charge in [-0.25, -0.2) is 9.18 Å². The summed E-state index contributed by atoms with van der Waals surface area (Å²) in [5.74, 6) is -2.93. The molecular weight excluding hydrogens is 372 g/mol. The van der Waals surface area contributed by atoms with Crippen molar-refractivity contribution in [2.75, 3.05) is 20.2 Å². The Labute approximate surface area is 152 Å². The topological polar surface area (TPSA) is 71.7 Å². The Morgan fingerprint density at radius 2 is 1.93 bits per heavy atom. The lowest BCUT2D eigenvalue weighted by Crippen LogP contribution is -2.42. The second-order valence-electron chi connectivity index (χ2n) is 5.41. The SMILES string of the molecule is CCN(CC)C(=O)N(Cc1ccc(-c2noc(C(F)(F)F)n2)c(F)c1)OC. The van der Waals surface area contributed by atoms with Crippen LogP contribution < -0.4 is 0 Å². The summed E-state index contributed by atoms with van der Waals surface area (Å²) in [7, 11) is 1.31. The maximum atomic E-state index is 14.3. The zero-order valence-corrected chi connectivity index (χ0v) is 14.9. The quantitative estimate of drug-likeness (QED) is 0.555. The van der Waals surface area contributed by atoms with Crippen LogP contribution in [0.4, 0.5) is 22.4 Å². The number of amides is 2. The van der Waals surface area contributed by atoms with Gasteiger partial charge < -0.3 is 9.42 Å². The fourth-order valence-electron chi connectivity index (χ4n) is 2.31. The molecule has 0 unspecified atom stereocenters. The lowest BCUT2D eigenvalue weighted by molar-refractivity contribution is -0.159. The van der Waals surface area contributed by atoms with Crippen molar-refractivity contribution in [3.8, 4) is 11.4 Å². The summed E-state index contributed by atoms with van der Waals surface area (Å²) in [6.45, 7) is 4.51. The number of alkyl halides is 3. The van der Waals surface area contributed by atoms with E-state index in [1.807, 2.05) is 13.8 Å². The molecule has 148 valence electrons. The molecule has 7 nitrogen and oxygen atoms in total. The van der Waals surface area contributed by atoms with Crippen LogP contribution in [0.25, 0.3) is 11.4 Å². The van der Waals surface area contributed by atoms with Gasteiger partial charge in [-0.1, -0.05) is 11.2 Å². The van der Waals surface area contributed by atoms with Gasteiger partial charge in [0.2, 0.25) is 5.82 Å². The Balaban J connectivity index is 2.21. The summed E-state index contributed by atoms with van der Waals surface area (Å²) in [6, 6.07) is 3.33. The van der Waals surface area contributed by atoms with Crippen molar-refractivity contribution in [1.82, 2.24) is 20.1 Å². The molecule has 0 aliphatic heterocycles. The van der Waals surface area contributed by atoms with Gasteiger partial charge in [0.1, 0.15) is 5.82 Å². The molecule has 1 aromatic heterocycles. The van der Waals surface area contributed by atoms with E-state index in [0.717, 1.165) is 11.1 Å². The summed E-state index contributed by atoms with van der Waals surface area (Å²) in [5, 5.41) is 4.21.